The first kappa shape index (κ1) is 13.9. The molecule has 0 radical (unpaired) electrons. The molecule has 2 rings (SSSR count). The van der Waals surface area contributed by atoms with Gasteiger partial charge in [0.1, 0.15) is 12.4 Å². The molecule has 0 bridgehead atoms. The van der Waals surface area contributed by atoms with Crippen molar-refractivity contribution >= 4 is 28.6 Å². The predicted molar refractivity (Wildman–Crippen MR) is 78.4 cm³/mol. The van der Waals surface area contributed by atoms with Gasteiger partial charge in [-0.15, -0.1) is 0 Å². The van der Waals surface area contributed by atoms with Gasteiger partial charge >= 0.3 is 5.97 Å². The Hall–Kier alpha value is -1.57. The zero-order chi connectivity index (χ0) is 13.8. The molecule has 0 saturated heterocycles. The van der Waals surface area contributed by atoms with Crippen LogP contribution in [0.25, 0.3) is 0 Å². The van der Waals surface area contributed by atoms with Gasteiger partial charge in [0.05, 0.1) is 27.4 Å². The molecule has 1 aromatic carbocycles. The third-order valence-corrected chi connectivity index (χ3v) is 3.58. The Kier molecular flexibility index (Phi) is 4.41. The van der Waals surface area contributed by atoms with E-state index in [0.717, 1.165) is 15.8 Å². The van der Waals surface area contributed by atoms with Gasteiger partial charge in [-0.1, -0.05) is 0 Å². The van der Waals surface area contributed by atoms with Gasteiger partial charge in [0.15, 0.2) is 0 Å². The lowest BCUT2D eigenvalue weighted by molar-refractivity contribution is 0.0696. The van der Waals surface area contributed by atoms with Gasteiger partial charge < -0.3 is 14.4 Å². The van der Waals surface area contributed by atoms with Crippen LogP contribution >= 0.6 is 22.6 Å². The van der Waals surface area contributed by atoms with Gasteiger partial charge in [-0.2, -0.15) is 0 Å². The highest BCUT2D eigenvalue weighted by molar-refractivity contribution is 14.1. The van der Waals surface area contributed by atoms with E-state index in [1.165, 1.54) is 6.07 Å². The first-order valence-corrected chi connectivity index (χ1v) is 6.84. The van der Waals surface area contributed by atoms with Crippen molar-refractivity contribution in [2.45, 2.75) is 20.1 Å². The Morgan fingerprint density at radius 3 is 3.00 bits per heavy atom. The van der Waals surface area contributed by atoms with Crippen molar-refractivity contribution < 1.29 is 14.6 Å². The second-order valence-corrected chi connectivity index (χ2v) is 5.07. The number of nitrogens with zero attached hydrogens (tertiary/aromatic N) is 2. The molecule has 0 aliphatic rings. The summed E-state index contributed by atoms with van der Waals surface area (Å²) < 4.78 is 8.54. The number of aromatic nitrogens is 2. The van der Waals surface area contributed by atoms with E-state index < -0.39 is 5.97 Å². The van der Waals surface area contributed by atoms with Gasteiger partial charge in [0, 0.05) is 6.54 Å². The topological polar surface area (TPSA) is 64.4 Å². The molecule has 1 heterocycles. The number of carboxylic acid groups (broad SMARTS) is 1. The normalized spacial score (nSPS) is 10.4. The fourth-order valence-electron chi connectivity index (χ4n) is 1.65. The minimum absolute atomic E-state index is 0.222. The summed E-state index contributed by atoms with van der Waals surface area (Å²) in [5.74, 6) is -0.385. The number of hydrogen-bond acceptors (Lipinski definition) is 3. The van der Waals surface area contributed by atoms with Crippen molar-refractivity contribution in [1.29, 1.82) is 0 Å². The van der Waals surface area contributed by atoms with Crippen LogP contribution in [0.5, 0.6) is 5.75 Å². The summed E-state index contributed by atoms with van der Waals surface area (Å²) >= 11 is 2.12. The molecule has 5 nitrogen and oxygen atoms in total. The zero-order valence-corrected chi connectivity index (χ0v) is 12.5. The second-order valence-electron chi connectivity index (χ2n) is 3.91. The van der Waals surface area contributed by atoms with E-state index in [1.807, 2.05) is 11.5 Å². The smallest absolute Gasteiger partial charge is 0.335 e. The minimum atomic E-state index is -0.958. The Balaban J connectivity index is 2.15. The van der Waals surface area contributed by atoms with E-state index in [4.69, 9.17) is 9.84 Å². The molecular weight excluding hydrogens is 359 g/mol. The molecule has 0 aliphatic carbocycles. The molecule has 0 atom stereocenters. The Bertz CT molecular complexity index is 595. The molecule has 19 heavy (non-hydrogen) atoms. The van der Waals surface area contributed by atoms with Gasteiger partial charge in [-0.25, -0.2) is 9.78 Å². The molecule has 0 fully saturated rings. The van der Waals surface area contributed by atoms with Crippen LogP contribution in [0.1, 0.15) is 23.0 Å². The van der Waals surface area contributed by atoms with Crippen molar-refractivity contribution in [3.8, 4) is 5.75 Å². The fourth-order valence-corrected chi connectivity index (χ4v) is 2.14. The molecule has 2 aromatic rings. The van der Waals surface area contributed by atoms with Gasteiger partial charge in [0.25, 0.3) is 0 Å². The number of ether oxygens (including phenoxy) is 1. The number of aryl methyl sites for hydroxylation is 1. The lowest BCUT2D eigenvalue weighted by Gasteiger charge is -2.10. The molecule has 100 valence electrons. The monoisotopic (exact) mass is 372 g/mol. The van der Waals surface area contributed by atoms with Crippen molar-refractivity contribution in [3.63, 3.8) is 0 Å². The average Bonchev–Trinajstić information content (AvgIpc) is 2.85. The van der Waals surface area contributed by atoms with Crippen LogP contribution in [-0.2, 0) is 13.2 Å². The lowest BCUT2D eigenvalue weighted by Crippen LogP contribution is -2.05. The molecule has 0 saturated carbocycles. The Morgan fingerprint density at radius 1 is 1.53 bits per heavy atom. The average molecular weight is 372 g/mol. The summed E-state index contributed by atoms with van der Waals surface area (Å²) in [5.41, 5.74) is 1.18. The number of carboxylic acids is 1. The van der Waals surface area contributed by atoms with Gasteiger partial charge in [-0.3, -0.25) is 0 Å². The summed E-state index contributed by atoms with van der Waals surface area (Å²) in [6.45, 7) is 3.22. The highest BCUT2D eigenvalue weighted by Crippen LogP contribution is 2.23. The number of halogens is 1. The van der Waals surface area contributed by atoms with E-state index in [-0.39, 0.29) is 5.56 Å². The summed E-state index contributed by atoms with van der Waals surface area (Å²) in [7, 11) is 0. The van der Waals surface area contributed by atoms with E-state index in [2.05, 4.69) is 27.6 Å². The molecule has 0 amide bonds. The molecular formula is C13H13IN2O3. The van der Waals surface area contributed by atoms with E-state index >= 15 is 0 Å². The SMILES string of the molecule is CCn1cncc1COc1cc(C(=O)O)ccc1I. The van der Waals surface area contributed by atoms with Gasteiger partial charge in [0.2, 0.25) is 0 Å². The molecule has 1 aromatic heterocycles. The Morgan fingerprint density at radius 2 is 2.32 bits per heavy atom. The standard InChI is InChI=1S/C13H13IN2O3/c1-2-16-8-15-6-10(16)7-19-12-5-9(13(17)18)3-4-11(12)14/h3-6,8H,2,7H2,1H3,(H,17,18). The maximum atomic E-state index is 10.9. The quantitative estimate of drug-likeness (QED) is 0.820. The maximum Gasteiger partial charge on any atom is 0.335 e. The number of benzene rings is 1. The van der Waals surface area contributed by atoms with Crippen LogP contribution in [0, 0.1) is 3.57 Å². The highest BCUT2D eigenvalue weighted by atomic mass is 127. The first-order valence-electron chi connectivity index (χ1n) is 5.76. The van der Waals surface area contributed by atoms with Crippen molar-refractivity contribution in [1.82, 2.24) is 9.55 Å². The number of aromatic carboxylic acids is 1. The number of carbonyl (C=O) groups is 1. The molecule has 6 heteroatoms. The van der Waals surface area contributed by atoms with Crippen molar-refractivity contribution in [3.05, 3.63) is 45.6 Å². The van der Waals surface area contributed by atoms with Gasteiger partial charge in [-0.05, 0) is 47.7 Å². The summed E-state index contributed by atoms with van der Waals surface area (Å²) in [6, 6.07) is 4.83. The van der Waals surface area contributed by atoms with Crippen LogP contribution in [0.4, 0.5) is 0 Å². The Labute approximate surface area is 124 Å². The van der Waals surface area contributed by atoms with Crippen LogP contribution in [-0.4, -0.2) is 20.6 Å². The van der Waals surface area contributed by atoms with Crippen LogP contribution < -0.4 is 4.74 Å². The number of imidazole rings is 1. The molecule has 0 unspecified atom stereocenters. The van der Waals surface area contributed by atoms with Crippen molar-refractivity contribution in [2.24, 2.45) is 0 Å². The van der Waals surface area contributed by atoms with Crippen molar-refractivity contribution in [2.75, 3.05) is 0 Å². The summed E-state index contributed by atoms with van der Waals surface area (Å²) in [4.78, 5) is 15.0. The van der Waals surface area contributed by atoms with E-state index in [0.29, 0.717) is 12.4 Å². The largest absolute Gasteiger partial charge is 0.486 e. The van der Waals surface area contributed by atoms with Crippen LogP contribution in [0.15, 0.2) is 30.7 Å². The lowest BCUT2D eigenvalue weighted by atomic mass is 10.2. The fraction of sp³-hybridized carbons (Fsp3) is 0.231. The number of hydrogen-bond donors (Lipinski definition) is 1. The van der Waals surface area contributed by atoms with E-state index in [9.17, 15) is 4.79 Å². The minimum Gasteiger partial charge on any atom is -0.486 e. The molecule has 1 N–H and O–H groups in total. The molecule has 0 spiro atoms. The highest BCUT2D eigenvalue weighted by Gasteiger charge is 2.09. The molecule has 0 aliphatic heterocycles. The third kappa shape index (κ3) is 3.25. The summed E-state index contributed by atoms with van der Waals surface area (Å²) in [6.07, 6.45) is 3.49. The number of rotatable bonds is 5. The summed E-state index contributed by atoms with van der Waals surface area (Å²) in [5, 5.41) is 8.96. The van der Waals surface area contributed by atoms with Crippen LogP contribution in [0.2, 0.25) is 0 Å². The zero-order valence-electron chi connectivity index (χ0n) is 10.3. The second kappa shape index (κ2) is 6.05. The third-order valence-electron chi connectivity index (χ3n) is 2.69. The first-order chi connectivity index (χ1) is 9.11. The predicted octanol–water partition coefficient (Wildman–Crippen LogP) is 2.78. The maximum absolute atomic E-state index is 10.9. The van der Waals surface area contributed by atoms with E-state index in [1.54, 1.807) is 24.7 Å². The van der Waals surface area contributed by atoms with Crippen LogP contribution in [0.3, 0.4) is 0 Å².